The van der Waals surface area contributed by atoms with E-state index in [1.807, 2.05) is 6.07 Å². The lowest BCUT2D eigenvalue weighted by Crippen LogP contribution is -2.22. The zero-order chi connectivity index (χ0) is 16.9. The van der Waals surface area contributed by atoms with Crippen LogP contribution in [0.1, 0.15) is 49.0 Å². The second kappa shape index (κ2) is 7.25. The number of aromatic nitrogens is 3. The van der Waals surface area contributed by atoms with Gasteiger partial charge in [0.05, 0.1) is 11.9 Å². The van der Waals surface area contributed by atoms with Gasteiger partial charge in [-0.3, -0.25) is 4.79 Å². The normalized spacial score (nSPS) is 15.7. The average molecular weight is 328 g/mol. The number of carbonyl (C=O) groups is 2. The molecule has 1 aliphatic carbocycles. The Morgan fingerprint density at radius 2 is 1.92 bits per heavy atom. The van der Waals surface area contributed by atoms with E-state index in [0.717, 1.165) is 25.7 Å². The molecule has 24 heavy (non-hydrogen) atoms. The van der Waals surface area contributed by atoms with Gasteiger partial charge in [-0.2, -0.15) is 0 Å². The Balaban J connectivity index is 1.72. The summed E-state index contributed by atoms with van der Waals surface area (Å²) in [4.78, 5) is 23.3. The van der Waals surface area contributed by atoms with E-state index >= 15 is 0 Å². The number of amides is 1. The first kappa shape index (κ1) is 16.2. The average Bonchev–Trinajstić information content (AvgIpc) is 2.91. The first-order valence-electron chi connectivity index (χ1n) is 8.20. The Bertz CT molecular complexity index is 733. The van der Waals surface area contributed by atoms with Crippen LogP contribution in [0, 0.1) is 5.92 Å². The van der Waals surface area contributed by atoms with Gasteiger partial charge in [0.2, 0.25) is 5.91 Å². The highest BCUT2D eigenvalue weighted by molar-refractivity contribution is 5.92. The molecular formula is C17H20N4O3. The Hall–Kier alpha value is -2.70. The van der Waals surface area contributed by atoms with E-state index in [1.165, 1.54) is 23.7 Å². The molecule has 1 aromatic carbocycles. The number of carbonyl (C=O) groups excluding carboxylic acids is 1. The van der Waals surface area contributed by atoms with Crippen LogP contribution in [0.2, 0.25) is 0 Å². The fourth-order valence-electron chi connectivity index (χ4n) is 3.00. The molecule has 7 nitrogen and oxygen atoms in total. The number of nitrogens with one attached hydrogen (secondary N) is 1. The Labute approximate surface area is 139 Å². The first-order valence-corrected chi connectivity index (χ1v) is 8.20. The van der Waals surface area contributed by atoms with E-state index in [4.69, 9.17) is 5.11 Å². The highest BCUT2D eigenvalue weighted by Crippen LogP contribution is 2.24. The third-order valence-corrected chi connectivity index (χ3v) is 4.32. The van der Waals surface area contributed by atoms with Crippen molar-refractivity contribution in [2.24, 2.45) is 5.92 Å². The molecule has 1 aromatic heterocycles. The molecule has 7 heteroatoms. The number of anilines is 1. The summed E-state index contributed by atoms with van der Waals surface area (Å²) in [6.45, 7) is 0. The number of carboxylic acid groups (broad SMARTS) is 1. The van der Waals surface area contributed by atoms with Gasteiger partial charge in [-0.25, -0.2) is 9.48 Å². The topological polar surface area (TPSA) is 97.1 Å². The summed E-state index contributed by atoms with van der Waals surface area (Å²) in [6.07, 6.45) is 7.85. The molecule has 1 saturated carbocycles. The van der Waals surface area contributed by atoms with Crippen molar-refractivity contribution < 1.29 is 14.7 Å². The molecule has 1 aliphatic rings. The maximum absolute atomic E-state index is 12.4. The third kappa shape index (κ3) is 3.79. The molecule has 126 valence electrons. The van der Waals surface area contributed by atoms with E-state index in [1.54, 1.807) is 18.2 Å². The summed E-state index contributed by atoms with van der Waals surface area (Å²) in [6, 6.07) is 7.14. The number of aromatic carboxylic acids is 1. The quantitative estimate of drug-likeness (QED) is 0.841. The van der Waals surface area contributed by atoms with Crippen LogP contribution >= 0.6 is 0 Å². The fourth-order valence-corrected chi connectivity index (χ4v) is 3.00. The zero-order valence-corrected chi connectivity index (χ0v) is 13.3. The summed E-state index contributed by atoms with van der Waals surface area (Å²) in [5.41, 5.74) is 1.20. The molecule has 0 aliphatic heterocycles. The molecule has 0 unspecified atom stereocenters. The maximum Gasteiger partial charge on any atom is 0.358 e. The smallest absolute Gasteiger partial charge is 0.358 e. The summed E-state index contributed by atoms with van der Waals surface area (Å²) in [7, 11) is 0. The molecule has 0 radical (unpaired) electrons. The molecular weight excluding hydrogens is 308 g/mol. The Morgan fingerprint density at radius 3 is 2.58 bits per heavy atom. The zero-order valence-electron chi connectivity index (χ0n) is 13.3. The van der Waals surface area contributed by atoms with Gasteiger partial charge in [-0.05, 0) is 31.0 Å². The predicted octanol–water partition coefficient (Wildman–Crippen LogP) is 2.87. The van der Waals surface area contributed by atoms with Gasteiger partial charge in [0.1, 0.15) is 0 Å². The highest BCUT2D eigenvalue weighted by atomic mass is 16.4. The molecule has 2 N–H and O–H groups in total. The molecule has 0 atom stereocenters. The van der Waals surface area contributed by atoms with Crippen molar-refractivity contribution in [2.75, 3.05) is 5.32 Å². The second-order valence-electron chi connectivity index (χ2n) is 6.08. The summed E-state index contributed by atoms with van der Waals surface area (Å²) < 4.78 is 1.38. The second-order valence-corrected chi connectivity index (χ2v) is 6.08. The van der Waals surface area contributed by atoms with Gasteiger partial charge in [0, 0.05) is 11.6 Å². The van der Waals surface area contributed by atoms with Gasteiger partial charge in [0.15, 0.2) is 5.69 Å². The highest BCUT2D eigenvalue weighted by Gasteiger charge is 2.20. The van der Waals surface area contributed by atoms with Crippen LogP contribution < -0.4 is 5.32 Å². The summed E-state index contributed by atoms with van der Waals surface area (Å²) >= 11 is 0. The maximum atomic E-state index is 12.4. The lowest BCUT2D eigenvalue weighted by Gasteiger charge is -2.14. The van der Waals surface area contributed by atoms with Crippen molar-refractivity contribution in [3.05, 3.63) is 36.2 Å². The minimum absolute atomic E-state index is 0.0545. The van der Waals surface area contributed by atoms with Gasteiger partial charge in [0.25, 0.3) is 0 Å². The molecule has 0 spiro atoms. The van der Waals surface area contributed by atoms with E-state index < -0.39 is 5.97 Å². The Morgan fingerprint density at radius 1 is 1.17 bits per heavy atom. The molecule has 0 saturated heterocycles. The van der Waals surface area contributed by atoms with E-state index in [-0.39, 0.29) is 17.5 Å². The molecule has 2 aromatic rings. The monoisotopic (exact) mass is 328 g/mol. The van der Waals surface area contributed by atoms with Gasteiger partial charge < -0.3 is 10.4 Å². The molecule has 3 rings (SSSR count). The number of hydrogen-bond acceptors (Lipinski definition) is 4. The van der Waals surface area contributed by atoms with E-state index in [9.17, 15) is 9.59 Å². The van der Waals surface area contributed by atoms with Gasteiger partial charge in [-0.15, -0.1) is 5.10 Å². The third-order valence-electron chi connectivity index (χ3n) is 4.32. The van der Waals surface area contributed by atoms with E-state index in [0.29, 0.717) is 11.4 Å². The SMILES string of the molecule is O=C(O)c1cn(-c2cccc(NC(=O)C3CCCCCC3)c2)nn1. The van der Waals surface area contributed by atoms with Crippen LogP contribution in [0.4, 0.5) is 5.69 Å². The largest absolute Gasteiger partial charge is 0.476 e. The number of hydrogen-bond donors (Lipinski definition) is 2. The van der Waals surface area contributed by atoms with Crippen LogP contribution in [-0.4, -0.2) is 32.0 Å². The standard InChI is InChI=1S/C17H20N4O3/c22-16(12-6-3-1-2-4-7-12)18-13-8-5-9-14(10-13)21-11-15(17(23)24)19-20-21/h5,8-12H,1-4,6-7H2,(H,18,22)(H,23,24). The molecule has 0 bridgehead atoms. The van der Waals surface area contributed by atoms with Crippen molar-refractivity contribution in [1.29, 1.82) is 0 Å². The molecule has 1 amide bonds. The van der Waals surface area contributed by atoms with E-state index in [2.05, 4.69) is 15.6 Å². The van der Waals surface area contributed by atoms with Crippen LogP contribution in [0.5, 0.6) is 0 Å². The van der Waals surface area contributed by atoms with Crippen LogP contribution in [0.3, 0.4) is 0 Å². The van der Waals surface area contributed by atoms with Crippen molar-refractivity contribution >= 4 is 17.6 Å². The van der Waals surface area contributed by atoms with Crippen molar-refractivity contribution in [3.8, 4) is 5.69 Å². The lowest BCUT2D eigenvalue weighted by molar-refractivity contribution is -0.120. The van der Waals surface area contributed by atoms with Crippen molar-refractivity contribution in [1.82, 2.24) is 15.0 Å². The number of nitrogens with zero attached hydrogens (tertiary/aromatic N) is 3. The number of carboxylic acids is 1. The first-order chi connectivity index (χ1) is 11.6. The van der Waals surface area contributed by atoms with Crippen LogP contribution in [0.25, 0.3) is 5.69 Å². The summed E-state index contributed by atoms with van der Waals surface area (Å²) in [5, 5.41) is 19.3. The van der Waals surface area contributed by atoms with Gasteiger partial charge >= 0.3 is 5.97 Å². The minimum Gasteiger partial charge on any atom is -0.476 e. The number of benzene rings is 1. The van der Waals surface area contributed by atoms with Crippen molar-refractivity contribution in [3.63, 3.8) is 0 Å². The lowest BCUT2D eigenvalue weighted by atomic mass is 9.99. The van der Waals surface area contributed by atoms with Crippen molar-refractivity contribution in [2.45, 2.75) is 38.5 Å². The molecule has 1 heterocycles. The van der Waals surface area contributed by atoms with Crippen LogP contribution in [0.15, 0.2) is 30.5 Å². The molecule has 1 fully saturated rings. The summed E-state index contributed by atoms with van der Waals surface area (Å²) in [5.74, 6) is -1.00. The fraction of sp³-hybridized carbons (Fsp3) is 0.412. The predicted molar refractivity (Wildman–Crippen MR) is 88.1 cm³/mol. The minimum atomic E-state index is -1.13. The van der Waals surface area contributed by atoms with Crippen LogP contribution in [-0.2, 0) is 4.79 Å². The van der Waals surface area contributed by atoms with Gasteiger partial charge in [-0.1, -0.05) is 37.0 Å². The number of rotatable bonds is 4. The Kier molecular flexibility index (Phi) is 4.88.